The standard InChI is InChI=1S/C25H25.C13H21.2C7H5Cl.Zr/c1-14-12-24(3,4)22-8-16-7-17-9-23-19(15(2)13-25(23,5)6)11-21(17)20(16)10-18(14)22;1-6-10-8-11(7-2)12(9-10)13(3,4)5;2*1-6-2-4-7(8)5-3-6;/h8-12H,7H2,1-6H3;9-10H,6-7H2,1-5H3;2*1-5H;/q2*-1;;;. The third kappa shape index (κ3) is 9.28. The van der Waals surface area contributed by atoms with Gasteiger partial charge >= 0.3 is 123 Å². The van der Waals surface area contributed by atoms with Crippen LogP contribution >= 0.6 is 23.2 Å². The van der Waals surface area contributed by atoms with Gasteiger partial charge in [-0.1, -0.05) is 117 Å². The first-order valence-corrected chi connectivity index (χ1v) is 23.5. The van der Waals surface area contributed by atoms with Crippen LogP contribution in [0.4, 0.5) is 0 Å². The Bertz CT molecular complexity index is 2160. The Balaban J connectivity index is 0.000000150. The number of rotatable bonds is 4. The van der Waals surface area contributed by atoms with Gasteiger partial charge < -0.3 is 0 Å². The molecule has 0 N–H and O–H groups in total. The Morgan fingerprint density at radius 1 is 0.745 bits per heavy atom. The van der Waals surface area contributed by atoms with Crippen LogP contribution in [0.5, 0.6) is 0 Å². The Hall–Kier alpha value is -2.96. The molecular formula is C52H56Cl2Zr-2. The molecule has 4 aliphatic rings. The molecule has 1 unspecified atom stereocenters. The van der Waals surface area contributed by atoms with Crippen molar-refractivity contribution in [2.75, 3.05) is 0 Å². The summed E-state index contributed by atoms with van der Waals surface area (Å²) in [6.07, 6.45) is 15.4. The first kappa shape index (κ1) is 41.7. The van der Waals surface area contributed by atoms with Crippen molar-refractivity contribution in [2.45, 2.75) is 106 Å². The van der Waals surface area contributed by atoms with Crippen molar-refractivity contribution in [1.82, 2.24) is 0 Å². The predicted octanol–water partition coefficient (Wildman–Crippen LogP) is 14.7. The number of fused-ring (bicyclic) bond motifs is 5. The van der Waals surface area contributed by atoms with E-state index in [0.717, 1.165) is 22.9 Å². The second-order valence-electron chi connectivity index (χ2n) is 17.6. The SMILES string of the molecule is CC1=[C-]C(C)(C)c2cc3c(cc21)-c1cc2c(cc1C3)C(C)(C)C=C2C.CCC1=[C-]C(CC)C=C1C(C)(C)C.Clc1ccc([CH]=[Zr]=[CH]c2ccc(Cl)cc2)cc1. The number of allylic oxidation sites excluding steroid dienone is 8. The molecule has 1 atom stereocenters. The van der Waals surface area contributed by atoms with Crippen molar-refractivity contribution >= 4 is 41.8 Å². The van der Waals surface area contributed by atoms with Gasteiger partial charge in [-0.2, -0.15) is 17.2 Å². The Kier molecular flexibility index (Phi) is 12.5. The molecule has 0 fully saturated rings. The number of halogens is 2. The second kappa shape index (κ2) is 16.5. The minimum absolute atomic E-state index is 0.0340. The minimum atomic E-state index is -0.623. The molecular weight excluding hydrogens is 787 g/mol. The molecule has 3 heteroatoms. The van der Waals surface area contributed by atoms with E-state index in [2.05, 4.69) is 156 Å². The molecule has 0 heterocycles. The molecule has 0 aromatic heterocycles. The molecule has 0 saturated carbocycles. The third-order valence-electron chi connectivity index (χ3n) is 11.3. The second-order valence-corrected chi connectivity index (χ2v) is 20.7. The third-order valence-corrected chi connectivity index (χ3v) is 14.3. The fourth-order valence-corrected chi connectivity index (χ4v) is 10.8. The van der Waals surface area contributed by atoms with Gasteiger partial charge in [0.1, 0.15) is 0 Å². The summed E-state index contributed by atoms with van der Waals surface area (Å²) in [5.74, 6) is 0.573. The van der Waals surface area contributed by atoms with Gasteiger partial charge in [0.2, 0.25) is 0 Å². The van der Waals surface area contributed by atoms with E-state index in [1.165, 1.54) is 84.3 Å². The van der Waals surface area contributed by atoms with Gasteiger partial charge in [0.25, 0.3) is 0 Å². The zero-order valence-electron chi connectivity index (χ0n) is 34.7. The Morgan fingerprint density at radius 3 is 1.76 bits per heavy atom. The van der Waals surface area contributed by atoms with Gasteiger partial charge in [-0.05, 0) is 58.4 Å². The van der Waals surface area contributed by atoms with Crippen molar-refractivity contribution in [3.05, 3.63) is 163 Å². The van der Waals surface area contributed by atoms with Crippen LogP contribution in [0.1, 0.15) is 134 Å². The monoisotopic (exact) mass is 840 g/mol. The van der Waals surface area contributed by atoms with Crippen LogP contribution in [0, 0.1) is 23.5 Å². The molecule has 4 aliphatic carbocycles. The maximum absolute atomic E-state index is 5.84. The number of hydrogen-bond donors (Lipinski definition) is 0. The van der Waals surface area contributed by atoms with Gasteiger partial charge in [0.15, 0.2) is 0 Å². The van der Waals surface area contributed by atoms with Crippen LogP contribution in [0.15, 0.2) is 96.1 Å². The van der Waals surface area contributed by atoms with E-state index in [-0.39, 0.29) is 10.8 Å². The summed E-state index contributed by atoms with van der Waals surface area (Å²) in [5.41, 5.74) is 20.3. The average molecular weight is 843 g/mol. The zero-order chi connectivity index (χ0) is 39.9. The summed E-state index contributed by atoms with van der Waals surface area (Å²) in [6.45, 7) is 25.0. The van der Waals surface area contributed by atoms with Gasteiger partial charge in [-0.25, -0.2) is 11.1 Å². The van der Waals surface area contributed by atoms with Crippen LogP contribution < -0.4 is 0 Å². The molecule has 0 bridgehead atoms. The van der Waals surface area contributed by atoms with Crippen LogP contribution in [0.25, 0.3) is 22.3 Å². The van der Waals surface area contributed by atoms with Crippen LogP contribution in [-0.2, 0) is 39.5 Å². The van der Waals surface area contributed by atoms with E-state index in [4.69, 9.17) is 23.2 Å². The van der Waals surface area contributed by atoms with Gasteiger partial charge in [0, 0.05) is 5.41 Å². The average Bonchev–Trinajstić information content (AvgIpc) is 3.84. The molecule has 0 spiro atoms. The quantitative estimate of drug-likeness (QED) is 0.158. The molecule has 4 aromatic carbocycles. The molecule has 284 valence electrons. The fraction of sp³-hybridized carbons (Fsp3) is 0.346. The van der Waals surface area contributed by atoms with Crippen molar-refractivity contribution in [3.8, 4) is 11.1 Å². The van der Waals surface area contributed by atoms with E-state index in [0.29, 0.717) is 11.3 Å². The van der Waals surface area contributed by atoms with Crippen molar-refractivity contribution < 1.29 is 22.3 Å². The fourth-order valence-electron chi connectivity index (χ4n) is 8.49. The topological polar surface area (TPSA) is 0 Å². The van der Waals surface area contributed by atoms with Gasteiger partial charge in [-0.15, -0.1) is 11.6 Å². The van der Waals surface area contributed by atoms with Crippen LogP contribution in [-0.4, -0.2) is 7.42 Å². The molecule has 0 nitrogen and oxygen atoms in total. The summed E-state index contributed by atoms with van der Waals surface area (Å²) in [5, 5.41) is 1.57. The Morgan fingerprint density at radius 2 is 1.27 bits per heavy atom. The molecule has 0 amide bonds. The summed E-state index contributed by atoms with van der Waals surface area (Å²) >= 11 is 11.0. The van der Waals surface area contributed by atoms with Gasteiger partial charge in [-0.3, -0.25) is 12.2 Å². The summed E-state index contributed by atoms with van der Waals surface area (Å²) in [4.78, 5) is 0. The zero-order valence-corrected chi connectivity index (χ0v) is 38.7. The summed E-state index contributed by atoms with van der Waals surface area (Å²) in [6, 6.07) is 25.7. The normalized spacial score (nSPS) is 17.7. The van der Waals surface area contributed by atoms with Crippen molar-refractivity contribution in [1.29, 1.82) is 0 Å². The molecule has 55 heavy (non-hydrogen) atoms. The first-order chi connectivity index (χ1) is 25.9. The molecule has 0 saturated heterocycles. The van der Waals surface area contributed by atoms with E-state index in [1.54, 1.807) is 0 Å². The first-order valence-electron chi connectivity index (χ1n) is 19.9. The van der Waals surface area contributed by atoms with Crippen LogP contribution in [0.3, 0.4) is 0 Å². The Labute approximate surface area is 353 Å². The predicted molar refractivity (Wildman–Crippen MR) is 238 cm³/mol. The number of hydrogen-bond acceptors (Lipinski definition) is 0. The number of benzene rings is 4. The van der Waals surface area contributed by atoms with E-state index in [9.17, 15) is 0 Å². The molecule has 0 aliphatic heterocycles. The summed E-state index contributed by atoms with van der Waals surface area (Å²) in [7, 11) is 0. The van der Waals surface area contributed by atoms with E-state index < -0.39 is 22.3 Å². The molecule has 0 radical (unpaired) electrons. The molecule has 8 rings (SSSR count). The van der Waals surface area contributed by atoms with E-state index in [1.807, 2.05) is 24.3 Å². The van der Waals surface area contributed by atoms with Crippen molar-refractivity contribution in [2.24, 2.45) is 11.3 Å². The summed E-state index contributed by atoms with van der Waals surface area (Å²) < 4.78 is 4.66. The maximum atomic E-state index is 5.84. The van der Waals surface area contributed by atoms with E-state index >= 15 is 0 Å². The molecule has 4 aromatic rings. The van der Waals surface area contributed by atoms with Gasteiger partial charge in [0.05, 0.1) is 0 Å². The van der Waals surface area contributed by atoms with Crippen molar-refractivity contribution in [3.63, 3.8) is 0 Å². The van der Waals surface area contributed by atoms with Crippen LogP contribution in [0.2, 0.25) is 10.0 Å².